The molecule has 1 rings (SSSR count). The predicted octanol–water partition coefficient (Wildman–Crippen LogP) is 0.391. The van der Waals surface area contributed by atoms with Gasteiger partial charge in [-0.15, -0.1) is 0 Å². The molecule has 0 radical (unpaired) electrons. The van der Waals surface area contributed by atoms with Crippen LogP contribution >= 0.6 is 11.6 Å². The molecule has 11 heavy (non-hydrogen) atoms. The summed E-state index contributed by atoms with van der Waals surface area (Å²) in [4.78, 5) is 11.7. The molecule has 1 aromatic heterocycles. The van der Waals surface area contributed by atoms with Crippen molar-refractivity contribution in [3.05, 3.63) is 11.2 Å². The van der Waals surface area contributed by atoms with Crippen LogP contribution in [0.15, 0.2) is 6.20 Å². The second-order valence-electron chi connectivity index (χ2n) is 1.63. The number of aromatic nitrogens is 2. The summed E-state index contributed by atoms with van der Waals surface area (Å²) in [6, 6.07) is 0.162. The summed E-state index contributed by atoms with van der Waals surface area (Å²) in [7, 11) is 1.43. The molecule has 0 fully saturated rings. The van der Waals surface area contributed by atoms with Gasteiger partial charge in [-0.1, -0.05) is 11.6 Å². The van der Waals surface area contributed by atoms with E-state index in [9.17, 15) is 0 Å². The molecule has 2 N–H and O–H groups in total. The van der Waals surface area contributed by atoms with Crippen molar-refractivity contribution in [2.45, 2.75) is 0 Å². The quantitative estimate of drug-likeness (QED) is 0.659. The van der Waals surface area contributed by atoms with Gasteiger partial charge < -0.3 is 9.57 Å². The molecule has 0 aliphatic heterocycles. The molecule has 0 unspecified atom stereocenters. The fourth-order valence-electron chi connectivity index (χ4n) is 0.517. The van der Waals surface area contributed by atoms with Crippen molar-refractivity contribution in [3.63, 3.8) is 0 Å². The van der Waals surface area contributed by atoms with Crippen LogP contribution in [0.3, 0.4) is 0 Å². The average Bonchev–Trinajstić information content (AvgIpc) is 2.05. The molecule has 0 saturated carbocycles. The number of rotatable bonds is 2. The van der Waals surface area contributed by atoms with Gasteiger partial charge >= 0.3 is 6.01 Å². The van der Waals surface area contributed by atoms with Gasteiger partial charge in [0.15, 0.2) is 0 Å². The summed E-state index contributed by atoms with van der Waals surface area (Å²) in [6.45, 7) is 0. The van der Waals surface area contributed by atoms with Crippen molar-refractivity contribution >= 4 is 11.6 Å². The van der Waals surface area contributed by atoms with Crippen LogP contribution in [0.25, 0.3) is 0 Å². The molecule has 1 heterocycles. The highest BCUT2D eigenvalue weighted by molar-refractivity contribution is 6.31. The zero-order chi connectivity index (χ0) is 8.27. The Morgan fingerprint density at radius 2 is 2.36 bits per heavy atom. The van der Waals surface area contributed by atoms with E-state index in [1.165, 1.54) is 13.3 Å². The molecule has 6 heteroatoms. The Balaban J connectivity index is 3.02. The smallest absolute Gasteiger partial charge is 0.319 e. The summed E-state index contributed by atoms with van der Waals surface area (Å²) in [5.41, 5.74) is 0. The Hall–Kier alpha value is -1.07. The highest BCUT2D eigenvalue weighted by atomic mass is 35.5. The predicted molar refractivity (Wildman–Crippen MR) is 38.4 cm³/mol. The Morgan fingerprint density at radius 1 is 1.64 bits per heavy atom. The van der Waals surface area contributed by atoms with Gasteiger partial charge in [0.25, 0.3) is 5.88 Å². The van der Waals surface area contributed by atoms with E-state index in [1.54, 1.807) is 0 Å². The number of nitrogens with zero attached hydrogens (tertiary/aromatic N) is 2. The largest absolute Gasteiger partial charge is 0.467 e. The van der Waals surface area contributed by atoms with Crippen molar-refractivity contribution in [3.8, 4) is 11.9 Å². The van der Waals surface area contributed by atoms with Crippen LogP contribution in [0, 0.1) is 0 Å². The molecule has 0 aromatic carbocycles. The Labute approximate surface area is 68.1 Å². The molecule has 0 amide bonds. The van der Waals surface area contributed by atoms with Gasteiger partial charge in [0.05, 0.1) is 13.3 Å². The lowest BCUT2D eigenvalue weighted by atomic mass is 10.6. The Bertz CT molecular complexity index is 255. The summed E-state index contributed by atoms with van der Waals surface area (Å²) in [6.07, 6.45) is 1.34. The van der Waals surface area contributed by atoms with Crippen molar-refractivity contribution in [2.24, 2.45) is 5.90 Å². The SMILES string of the molecule is COc1ncc(Cl)c(ON)n1. The minimum Gasteiger partial charge on any atom is -0.467 e. The number of halogens is 1. The lowest BCUT2D eigenvalue weighted by molar-refractivity contribution is 0.306. The van der Waals surface area contributed by atoms with Crippen molar-refractivity contribution in [2.75, 3.05) is 7.11 Å². The normalized spacial score (nSPS) is 9.36. The van der Waals surface area contributed by atoms with E-state index in [-0.39, 0.29) is 16.9 Å². The third kappa shape index (κ3) is 1.69. The monoisotopic (exact) mass is 175 g/mol. The molecule has 60 valence electrons. The van der Waals surface area contributed by atoms with Crippen LogP contribution in [-0.2, 0) is 0 Å². The van der Waals surface area contributed by atoms with Crippen molar-refractivity contribution < 1.29 is 9.57 Å². The molecule has 0 spiro atoms. The molecule has 0 aliphatic carbocycles. The van der Waals surface area contributed by atoms with Crippen LogP contribution in [0.1, 0.15) is 0 Å². The zero-order valence-electron chi connectivity index (χ0n) is 5.74. The van der Waals surface area contributed by atoms with E-state index in [2.05, 4.69) is 14.8 Å². The topological polar surface area (TPSA) is 70.3 Å². The maximum atomic E-state index is 5.57. The van der Waals surface area contributed by atoms with Gasteiger partial charge in [-0.25, -0.2) is 4.98 Å². The second-order valence-corrected chi connectivity index (χ2v) is 2.03. The molecule has 0 bridgehead atoms. The van der Waals surface area contributed by atoms with E-state index in [0.29, 0.717) is 0 Å². The second kappa shape index (κ2) is 3.36. The minimum atomic E-state index is 0.0958. The van der Waals surface area contributed by atoms with Gasteiger partial charge in [0, 0.05) is 0 Å². The van der Waals surface area contributed by atoms with Crippen LogP contribution in [-0.4, -0.2) is 17.1 Å². The van der Waals surface area contributed by atoms with E-state index in [1.807, 2.05) is 0 Å². The first kappa shape index (κ1) is 8.03. The van der Waals surface area contributed by atoms with Crippen LogP contribution in [0.5, 0.6) is 11.9 Å². The lowest BCUT2D eigenvalue weighted by Gasteiger charge is -2.00. The first-order valence-electron chi connectivity index (χ1n) is 2.71. The summed E-state index contributed by atoms with van der Waals surface area (Å²) >= 11 is 5.57. The van der Waals surface area contributed by atoms with Crippen LogP contribution in [0.4, 0.5) is 0 Å². The molecular weight excluding hydrogens is 170 g/mol. The molecular formula is C5H6ClN3O2. The number of nitrogens with two attached hydrogens (primary N) is 1. The summed E-state index contributed by atoms with van der Waals surface area (Å²) < 4.78 is 4.70. The van der Waals surface area contributed by atoms with E-state index in [4.69, 9.17) is 22.2 Å². The van der Waals surface area contributed by atoms with E-state index < -0.39 is 0 Å². The molecule has 0 saturated heterocycles. The third-order valence-corrected chi connectivity index (χ3v) is 1.24. The van der Waals surface area contributed by atoms with Crippen molar-refractivity contribution in [1.82, 2.24) is 9.97 Å². The highest BCUT2D eigenvalue weighted by Gasteiger charge is 2.04. The number of ether oxygens (including phenoxy) is 1. The molecule has 1 aromatic rings. The minimum absolute atomic E-state index is 0.0958. The highest BCUT2D eigenvalue weighted by Crippen LogP contribution is 2.20. The molecule has 0 aliphatic rings. The van der Waals surface area contributed by atoms with Gasteiger partial charge in [-0.2, -0.15) is 10.9 Å². The third-order valence-electron chi connectivity index (χ3n) is 0.984. The summed E-state index contributed by atoms with van der Waals surface area (Å²) in [5.74, 6) is 4.94. The molecule has 0 atom stereocenters. The van der Waals surface area contributed by atoms with E-state index >= 15 is 0 Å². The lowest BCUT2D eigenvalue weighted by Crippen LogP contribution is -2.05. The number of hydrogen-bond acceptors (Lipinski definition) is 5. The maximum absolute atomic E-state index is 5.57. The van der Waals surface area contributed by atoms with Gasteiger partial charge in [-0.05, 0) is 0 Å². The Morgan fingerprint density at radius 3 is 2.91 bits per heavy atom. The first-order valence-corrected chi connectivity index (χ1v) is 3.09. The zero-order valence-corrected chi connectivity index (χ0v) is 6.50. The van der Waals surface area contributed by atoms with Crippen molar-refractivity contribution in [1.29, 1.82) is 0 Å². The van der Waals surface area contributed by atoms with Gasteiger partial charge in [0.1, 0.15) is 5.02 Å². The Kier molecular flexibility index (Phi) is 2.45. The van der Waals surface area contributed by atoms with Gasteiger partial charge in [-0.3, -0.25) is 0 Å². The summed E-state index contributed by atoms with van der Waals surface area (Å²) in [5, 5.41) is 0.244. The van der Waals surface area contributed by atoms with Crippen LogP contribution < -0.4 is 15.5 Å². The van der Waals surface area contributed by atoms with E-state index in [0.717, 1.165) is 0 Å². The number of hydrogen-bond donors (Lipinski definition) is 1. The van der Waals surface area contributed by atoms with Crippen LogP contribution in [0.2, 0.25) is 5.02 Å². The average molecular weight is 176 g/mol. The fraction of sp³-hybridized carbons (Fsp3) is 0.200. The molecule has 5 nitrogen and oxygen atoms in total. The fourth-order valence-corrected chi connectivity index (χ4v) is 0.653. The standard InChI is InChI=1S/C5H6ClN3O2/c1-10-5-8-2-3(6)4(9-5)11-7/h2H,7H2,1H3. The first-order chi connectivity index (χ1) is 5.27. The number of methoxy groups -OCH3 is 1. The van der Waals surface area contributed by atoms with Gasteiger partial charge in [0.2, 0.25) is 0 Å². The maximum Gasteiger partial charge on any atom is 0.319 e.